The first-order valence-electron chi connectivity index (χ1n) is 6.25. The maximum absolute atomic E-state index is 12.3. The number of nitrogens with two attached hydrogens (primary N) is 1. The molecule has 1 aliphatic heterocycles. The number of amides is 1. The largest absolute Gasteiger partial charge is 0.336 e. The Morgan fingerprint density at radius 2 is 2.21 bits per heavy atom. The van der Waals surface area contributed by atoms with Crippen LogP contribution in [-0.4, -0.2) is 44.6 Å². The molecule has 0 atom stereocenters. The third-order valence-corrected chi connectivity index (χ3v) is 4.53. The Morgan fingerprint density at radius 1 is 1.42 bits per heavy atom. The highest BCUT2D eigenvalue weighted by atomic mass is 32.2. The van der Waals surface area contributed by atoms with E-state index in [2.05, 4.69) is 29.5 Å². The van der Waals surface area contributed by atoms with E-state index in [0.717, 1.165) is 25.3 Å². The predicted molar refractivity (Wildman–Crippen MR) is 76.9 cm³/mol. The van der Waals surface area contributed by atoms with Crippen LogP contribution in [0.2, 0.25) is 0 Å². The highest BCUT2D eigenvalue weighted by molar-refractivity contribution is 8.00. The van der Waals surface area contributed by atoms with Gasteiger partial charge in [0.1, 0.15) is 0 Å². The van der Waals surface area contributed by atoms with Gasteiger partial charge in [0.15, 0.2) is 11.5 Å². The zero-order valence-corrected chi connectivity index (χ0v) is 12.0. The van der Waals surface area contributed by atoms with Crippen LogP contribution in [0.15, 0.2) is 12.1 Å². The number of hydrogen-bond donors (Lipinski definition) is 2. The number of thioether (sulfide) groups is 1. The minimum atomic E-state index is -0.0608. The summed E-state index contributed by atoms with van der Waals surface area (Å²) in [5.41, 5.74) is 2.76. The summed E-state index contributed by atoms with van der Waals surface area (Å²) in [5, 5.41) is 7.73. The summed E-state index contributed by atoms with van der Waals surface area (Å²) in [6.07, 6.45) is 0.985. The van der Waals surface area contributed by atoms with Gasteiger partial charge in [-0.15, -0.1) is 10.2 Å². The average Bonchev–Trinajstić information content (AvgIpc) is 2.59. The second-order valence-corrected chi connectivity index (χ2v) is 6.90. The number of carbonyl (C=O) groups excluding carboxylic acids is 1. The lowest BCUT2D eigenvalue weighted by Gasteiger charge is -2.22. The van der Waals surface area contributed by atoms with Gasteiger partial charge in [0.25, 0.3) is 5.91 Å². The van der Waals surface area contributed by atoms with Gasteiger partial charge in [-0.2, -0.15) is 11.8 Å². The van der Waals surface area contributed by atoms with Crippen molar-refractivity contribution in [3.63, 3.8) is 0 Å². The first-order chi connectivity index (χ1) is 9.02. The van der Waals surface area contributed by atoms with Crippen LogP contribution >= 0.6 is 11.8 Å². The number of rotatable bonds is 2. The van der Waals surface area contributed by atoms with Gasteiger partial charge < -0.3 is 10.3 Å². The molecule has 2 heterocycles. The second-order valence-electron chi connectivity index (χ2n) is 5.10. The summed E-state index contributed by atoms with van der Waals surface area (Å²) >= 11 is 1.91. The summed E-state index contributed by atoms with van der Waals surface area (Å²) in [4.78, 5) is 14.2. The minimum Gasteiger partial charge on any atom is -0.336 e. The normalized spacial score (nSPS) is 18.8. The number of anilines is 1. The summed E-state index contributed by atoms with van der Waals surface area (Å²) in [6, 6.07) is 3.30. The van der Waals surface area contributed by atoms with Crippen molar-refractivity contribution in [2.24, 2.45) is 5.84 Å². The molecule has 1 amide bonds. The van der Waals surface area contributed by atoms with Crippen LogP contribution in [0.25, 0.3) is 0 Å². The van der Waals surface area contributed by atoms with E-state index in [1.165, 1.54) is 0 Å². The second kappa shape index (κ2) is 5.75. The lowest BCUT2D eigenvalue weighted by atomic mass is 10.1. The Kier molecular flexibility index (Phi) is 4.26. The highest BCUT2D eigenvalue weighted by Gasteiger charge is 2.26. The average molecular weight is 281 g/mol. The first-order valence-corrected chi connectivity index (χ1v) is 7.24. The minimum absolute atomic E-state index is 0.0608. The predicted octanol–water partition coefficient (Wildman–Crippen LogP) is 1.12. The summed E-state index contributed by atoms with van der Waals surface area (Å²) in [7, 11) is 0. The third-order valence-electron chi connectivity index (χ3n) is 3.16. The van der Waals surface area contributed by atoms with Gasteiger partial charge in [0.05, 0.1) is 0 Å². The van der Waals surface area contributed by atoms with E-state index < -0.39 is 0 Å². The molecule has 7 heteroatoms. The number of nitrogen functional groups attached to an aromatic ring is 1. The van der Waals surface area contributed by atoms with E-state index in [0.29, 0.717) is 11.5 Å². The summed E-state index contributed by atoms with van der Waals surface area (Å²) in [5.74, 6) is 6.56. The van der Waals surface area contributed by atoms with Gasteiger partial charge in [-0.3, -0.25) is 4.79 Å². The number of aromatic nitrogens is 2. The van der Waals surface area contributed by atoms with Crippen molar-refractivity contribution in [1.29, 1.82) is 0 Å². The van der Waals surface area contributed by atoms with Crippen LogP contribution < -0.4 is 11.3 Å². The van der Waals surface area contributed by atoms with Gasteiger partial charge in [0, 0.05) is 23.6 Å². The smallest absolute Gasteiger partial charge is 0.274 e. The van der Waals surface area contributed by atoms with E-state index in [-0.39, 0.29) is 10.7 Å². The van der Waals surface area contributed by atoms with Crippen LogP contribution in [0.5, 0.6) is 0 Å². The van der Waals surface area contributed by atoms with Crippen molar-refractivity contribution in [2.75, 3.05) is 24.3 Å². The van der Waals surface area contributed by atoms with Crippen molar-refractivity contribution in [1.82, 2.24) is 15.1 Å². The van der Waals surface area contributed by atoms with E-state index in [1.807, 2.05) is 16.7 Å². The van der Waals surface area contributed by atoms with Gasteiger partial charge >= 0.3 is 0 Å². The Bertz CT molecular complexity index is 448. The molecule has 6 nitrogen and oxygen atoms in total. The maximum atomic E-state index is 12.3. The molecule has 2 rings (SSSR count). The molecule has 3 N–H and O–H groups in total. The fourth-order valence-corrected chi connectivity index (χ4v) is 3.01. The van der Waals surface area contributed by atoms with Gasteiger partial charge in [-0.1, -0.05) is 13.8 Å². The first kappa shape index (κ1) is 14.1. The molecule has 104 valence electrons. The Labute approximate surface area is 117 Å². The van der Waals surface area contributed by atoms with Gasteiger partial charge in [-0.05, 0) is 18.6 Å². The number of nitrogens with zero attached hydrogens (tertiary/aromatic N) is 3. The molecule has 1 aromatic heterocycles. The topological polar surface area (TPSA) is 84.1 Å². The van der Waals surface area contributed by atoms with Crippen LogP contribution in [0.1, 0.15) is 30.8 Å². The molecule has 0 saturated carbocycles. The lowest BCUT2D eigenvalue weighted by Crippen LogP contribution is -2.34. The number of hydrazine groups is 1. The highest BCUT2D eigenvalue weighted by Crippen LogP contribution is 2.30. The van der Waals surface area contributed by atoms with Crippen molar-refractivity contribution in [3.8, 4) is 0 Å². The molecule has 1 fully saturated rings. The Balaban J connectivity index is 2.06. The molecule has 1 aliphatic rings. The van der Waals surface area contributed by atoms with Crippen molar-refractivity contribution in [2.45, 2.75) is 25.0 Å². The quantitative estimate of drug-likeness (QED) is 0.624. The molecular formula is C12H19N5OS. The number of hydrogen-bond acceptors (Lipinski definition) is 6. The van der Waals surface area contributed by atoms with Gasteiger partial charge in [-0.25, -0.2) is 5.84 Å². The van der Waals surface area contributed by atoms with Crippen molar-refractivity contribution < 1.29 is 4.79 Å². The summed E-state index contributed by atoms with van der Waals surface area (Å²) < 4.78 is 0.230. The lowest BCUT2D eigenvalue weighted by molar-refractivity contribution is 0.0757. The van der Waals surface area contributed by atoms with Crippen molar-refractivity contribution in [3.05, 3.63) is 17.8 Å². The number of nitrogens with one attached hydrogen (secondary N) is 1. The Morgan fingerprint density at radius 3 is 2.84 bits per heavy atom. The monoisotopic (exact) mass is 281 g/mol. The zero-order chi connectivity index (χ0) is 13.9. The molecule has 0 radical (unpaired) electrons. The summed E-state index contributed by atoms with van der Waals surface area (Å²) in [6.45, 7) is 5.95. The molecule has 0 bridgehead atoms. The molecule has 0 unspecified atom stereocenters. The van der Waals surface area contributed by atoms with Crippen LogP contribution in [-0.2, 0) is 0 Å². The van der Waals surface area contributed by atoms with E-state index in [4.69, 9.17) is 5.84 Å². The maximum Gasteiger partial charge on any atom is 0.274 e. The van der Waals surface area contributed by atoms with E-state index in [9.17, 15) is 4.79 Å². The van der Waals surface area contributed by atoms with E-state index >= 15 is 0 Å². The number of carbonyl (C=O) groups is 1. The third kappa shape index (κ3) is 3.57. The molecule has 1 aromatic rings. The molecule has 19 heavy (non-hydrogen) atoms. The van der Waals surface area contributed by atoms with Crippen molar-refractivity contribution >= 4 is 23.5 Å². The molecule has 0 aromatic carbocycles. The molecule has 0 spiro atoms. The van der Waals surface area contributed by atoms with E-state index in [1.54, 1.807) is 12.1 Å². The fraction of sp³-hybridized carbons (Fsp3) is 0.583. The standard InChI is InChI=1S/C12H19N5OS/c1-12(2)5-6-17(7-8-19-12)11(18)9-3-4-10(14-13)16-15-9/h3-4H,5-8,13H2,1-2H3,(H,14,16). The zero-order valence-electron chi connectivity index (χ0n) is 11.2. The van der Waals surface area contributed by atoms with Crippen LogP contribution in [0, 0.1) is 0 Å². The molecule has 1 saturated heterocycles. The Hall–Kier alpha value is -1.34. The van der Waals surface area contributed by atoms with Crippen LogP contribution in [0.3, 0.4) is 0 Å². The molecular weight excluding hydrogens is 262 g/mol. The van der Waals surface area contributed by atoms with Crippen LogP contribution in [0.4, 0.5) is 5.82 Å². The van der Waals surface area contributed by atoms with Gasteiger partial charge in [0.2, 0.25) is 0 Å². The SMILES string of the molecule is CC1(C)CCN(C(=O)c2ccc(NN)nn2)CCS1. The molecule has 0 aliphatic carbocycles. The fourth-order valence-electron chi connectivity index (χ4n) is 1.91.